The monoisotopic (exact) mass is 88.0 g/mol. The van der Waals surface area contributed by atoms with Gasteiger partial charge in [-0.1, -0.05) is 0 Å². The molecule has 0 aliphatic rings. The van der Waals surface area contributed by atoms with Gasteiger partial charge in [-0.2, -0.15) is 0 Å². The van der Waals surface area contributed by atoms with Crippen LogP contribution in [0, 0.1) is 0 Å². The Morgan fingerprint density at radius 1 is 1.80 bits per heavy atom. The van der Waals surface area contributed by atoms with Crippen LogP contribution >= 0.6 is 0 Å². The van der Waals surface area contributed by atoms with Crippen LogP contribution in [0.15, 0.2) is 0 Å². The van der Waals surface area contributed by atoms with Crippen molar-refractivity contribution >= 4 is 15.5 Å². The Kier molecular flexibility index (Phi) is 4.08. The molecule has 5 heavy (non-hydrogen) atoms. The first-order chi connectivity index (χ1) is 2.41. The molecule has 0 aliphatic carbocycles. The Morgan fingerprint density at radius 2 is 2.40 bits per heavy atom. The van der Waals surface area contributed by atoms with Crippen LogP contribution in [0.5, 0.6) is 0 Å². The van der Waals surface area contributed by atoms with Crippen molar-refractivity contribution in [1.82, 2.24) is 0 Å². The van der Waals surface area contributed by atoms with Crippen LogP contribution in [0.2, 0.25) is 0 Å². The summed E-state index contributed by atoms with van der Waals surface area (Å²) in [6, 6.07) is 0. The molecule has 0 spiro atoms. The molecular weight excluding hydrogens is 80.1 g/mol. The van der Waals surface area contributed by atoms with Gasteiger partial charge in [0.1, 0.15) is 0 Å². The number of aliphatic hydroxyl groups is 1. The fraction of sp³-hybridized carbons (Fsp3) is 0.667. The molecule has 0 aromatic heterocycles. The quantitative estimate of drug-likeness (QED) is 0.421. The molecule has 0 amide bonds. The number of hydrogen-bond acceptors (Lipinski definition) is 1. The lowest BCUT2D eigenvalue weighted by Crippen LogP contribution is -1.79. The third-order valence-electron chi connectivity index (χ3n) is 0.333. The van der Waals surface area contributed by atoms with Gasteiger partial charge >= 0.3 is 0 Å². The summed E-state index contributed by atoms with van der Waals surface area (Å²) in [6.45, 7) is 0.295. The van der Waals surface area contributed by atoms with E-state index in [0.29, 0.717) is 6.61 Å². The Labute approximate surface area is 34.7 Å². The van der Waals surface area contributed by atoms with Crippen molar-refractivity contribution in [2.75, 3.05) is 6.61 Å². The minimum Gasteiger partial charge on any atom is -0.396 e. The van der Waals surface area contributed by atoms with Crippen LogP contribution < -0.4 is 0 Å². The van der Waals surface area contributed by atoms with E-state index in [1.54, 1.807) is 9.85 Å². The molecule has 0 fully saturated rings. The van der Waals surface area contributed by atoms with Gasteiger partial charge in [-0.05, 0) is 16.3 Å². The second-order valence-electron chi connectivity index (χ2n) is 0.801. The molecule has 0 saturated heterocycles. The molecule has 0 aliphatic heterocycles. The highest BCUT2D eigenvalue weighted by atomic mass is 28.1. The largest absolute Gasteiger partial charge is 0.396 e. The van der Waals surface area contributed by atoms with Crippen molar-refractivity contribution < 1.29 is 5.11 Å². The summed E-state index contributed by atoms with van der Waals surface area (Å²) < 4.78 is 0. The molecule has 30 valence electrons. The zero-order chi connectivity index (χ0) is 4.12. The van der Waals surface area contributed by atoms with Crippen molar-refractivity contribution in [2.24, 2.45) is 0 Å². The van der Waals surface area contributed by atoms with Crippen LogP contribution in [0.4, 0.5) is 0 Å². The van der Waals surface area contributed by atoms with E-state index >= 15 is 0 Å². The number of aliphatic hydroxyl groups excluding tert-OH is 1. The number of hydrogen-bond donors (Lipinski definition) is 1. The molecule has 0 atom stereocenters. The van der Waals surface area contributed by atoms with Crippen LogP contribution in [-0.4, -0.2) is 27.2 Å². The van der Waals surface area contributed by atoms with Gasteiger partial charge in [0.05, 0.1) is 0 Å². The minimum atomic E-state index is 0.295. The van der Waals surface area contributed by atoms with E-state index in [-0.39, 0.29) is 0 Å². The van der Waals surface area contributed by atoms with Gasteiger partial charge < -0.3 is 5.11 Å². The van der Waals surface area contributed by atoms with Gasteiger partial charge in [-0.25, -0.2) is 0 Å². The summed E-state index contributed by atoms with van der Waals surface area (Å²) in [5.74, 6) is 0. The second kappa shape index (κ2) is 4.05. The first-order valence-corrected chi connectivity index (χ1v) is 2.45. The molecule has 0 aromatic carbocycles. The average molecular weight is 88.2 g/mol. The maximum absolute atomic E-state index is 8.04. The van der Waals surface area contributed by atoms with Gasteiger partial charge in [-0.15, -0.1) is 5.67 Å². The van der Waals surface area contributed by atoms with Crippen LogP contribution in [-0.2, 0) is 0 Å². The molecule has 0 saturated carbocycles. The SMILES string of the molecule is OCCC=[SiH2]. The molecular formula is C3H8OSi. The van der Waals surface area contributed by atoms with E-state index in [9.17, 15) is 0 Å². The highest BCUT2D eigenvalue weighted by Crippen LogP contribution is 1.58. The summed E-state index contributed by atoms with van der Waals surface area (Å²) in [4.78, 5) is 0. The van der Waals surface area contributed by atoms with Crippen LogP contribution in [0.1, 0.15) is 6.42 Å². The normalized spacial score (nSPS) is 7.40. The van der Waals surface area contributed by atoms with E-state index in [2.05, 4.69) is 0 Å². The lowest BCUT2D eigenvalue weighted by atomic mass is 10.5. The zero-order valence-corrected chi connectivity index (χ0v) is 4.56. The zero-order valence-electron chi connectivity index (χ0n) is 3.15. The summed E-state index contributed by atoms with van der Waals surface area (Å²) in [5, 5.41) is 8.04. The lowest BCUT2D eigenvalue weighted by Gasteiger charge is -1.73. The summed E-state index contributed by atoms with van der Waals surface area (Å²) in [5.41, 5.74) is 1.96. The lowest BCUT2D eigenvalue weighted by molar-refractivity contribution is 0.308. The van der Waals surface area contributed by atoms with E-state index in [4.69, 9.17) is 5.11 Å². The van der Waals surface area contributed by atoms with Gasteiger partial charge in [0, 0.05) is 6.61 Å². The third-order valence-corrected chi connectivity index (χ3v) is 0.741. The summed E-state index contributed by atoms with van der Waals surface area (Å²) >= 11 is 0. The molecule has 0 aromatic rings. The first-order valence-electron chi connectivity index (χ1n) is 1.63. The first kappa shape index (κ1) is 5.05. The molecule has 0 rings (SSSR count). The van der Waals surface area contributed by atoms with E-state index in [0.717, 1.165) is 6.42 Å². The second-order valence-corrected chi connectivity index (χ2v) is 1.38. The Balaban J connectivity index is 2.40. The van der Waals surface area contributed by atoms with Gasteiger partial charge in [0.15, 0.2) is 0 Å². The maximum atomic E-state index is 8.04. The number of rotatable bonds is 2. The Morgan fingerprint density at radius 3 is 2.40 bits per heavy atom. The molecule has 1 N–H and O–H groups in total. The predicted molar refractivity (Wildman–Crippen MR) is 26.3 cm³/mol. The fourth-order valence-corrected chi connectivity index (χ4v) is 0.274. The topological polar surface area (TPSA) is 20.2 Å². The van der Waals surface area contributed by atoms with Gasteiger partial charge in [0.2, 0.25) is 0 Å². The van der Waals surface area contributed by atoms with Gasteiger partial charge in [0.25, 0.3) is 0 Å². The Hall–Kier alpha value is 0.0469. The van der Waals surface area contributed by atoms with E-state index in [1.807, 2.05) is 5.67 Å². The van der Waals surface area contributed by atoms with Crippen LogP contribution in [0.25, 0.3) is 0 Å². The highest BCUT2D eigenvalue weighted by Gasteiger charge is 1.62. The van der Waals surface area contributed by atoms with Crippen molar-refractivity contribution in [1.29, 1.82) is 0 Å². The Bertz CT molecular complexity index is 28.1. The molecule has 1 nitrogen and oxygen atoms in total. The summed E-state index contributed by atoms with van der Waals surface area (Å²) in [7, 11) is 1.76. The van der Waals surface area contributed by atoms with E-state index < -0.39 is 0 Å². The average Bonchev–Trinajstić information content (AvgIpc) is 1.41. The predicted octanol–water partition coefficient (Wildman–Crippen LogP) is -1.20. The molecule has 2 heteroatoms. The van der Waals surface area contributed by atoms with Gasteiger partial charge in [-0.3, -0.25) is 0 Å². The summed E-state index contributed by atoms with van der Waals surface area (Å²) in [6.07, 6.45) is 0.832. The van der Waals surface area contributed by atoms with Crippen molar-refractivity contribution in [3.8, 4) is 0 Å². The smallest absolute Gasteiger partial charge is 0.0461 e. The highest BCUT2D eigenvalue weighted by molar-refractivity contribution is 6.27. The minimum absolute atomic E-state index is 0.295. The van der Waals surface area contributed by atoms with Crippen molar-refractivity contribution in [3.63, 3.8) is 0 Å². The molecule has 0 heterocycles. The maximum Gasteiger partial charge on any atom is 0.0461 e. The van der Waals surface area contributed by atoms with E-state index in [1.165, 1.54) is 0 Å². The van der Waals surface area contributed by atoms with Crippen LogP contribution in [0.3, 0.4) is 0 Å². The molecule has 0 radical (unpaired) electrons. The van der Waals surface area contributed by atoms with Crippen molar-refractivity contribution in [2.45, 2.75) is 6.42 Å². The molecule has 0 unspecified atom stereocenters. The standard InChI is InChI=1S/C3H8OSi/c4-2-1-3-5/h3-4H,1-2,5H2. The molecule has 0 bridgehead atoms. The fourth-order valence-electron chi connectivity index (χ4n) is 0.0913. The third kappa shape index (κ3) is 4.05. The van der Waals surface area contributed by atoms with Crippen molar-refractivity contribution in [3.05, 3.63) is 0 Å².